The molecule has 1 unspecified atom stereocenters. The van der Waals surface area contributed by atoms with Crippen LogP contribution >= 0.6 is 23.2 Å². The lowest BCUT2D eigenvalue weighted by atomic mass is 10.0. The molecule has 0 fully saturated rings. The second-order valence-electron chi connectivity index (χ2n) is 3.72. The quantitative estimate of drug-likeness (QED) is 0.857. The summed E-state index contributed by atoms with van der Waals surface area (Å²) in [5.74, 6) is -0.0828. The fourth-order valence-electron chi connectivity index (χ4n) is 1.69. The highest BCUT2D eigenvalue weighted by Gasteiger charge is 2.46. The minimum absolute atomic E-state index is 0.00000945. The van der Waals surface area contributed by atoms with Crippen molar-refractivity contribution in [2.24, 2.45) is 0 Å². The first-order chi connectivity index (χ1) is 8.32. The third-order valence-electron chi connectivity index (χ3n) is 2.43. The number of halogens is 5. The van der Waals surface area contributed by atoms with Crippen molar-refractivity contribution in [2.75, 3.05) is 6.61 Å². The molecular formula is C11H7Cl2F3O2. The molecule has 0 saturated carbocycles. The molecule has 0 spiro atoms. The van der Waals surface area contributed by atoms with E-state index in [9.17, 15) is 13.2 Å². The van der Waals surface area contributed by atoms with Crippen LogP contribution in [-0.2, 0) is 0 Å². The Bertz CT molecular complexity index is 512. The third kappa shape index (κ3) is 2.43. The van der Waals surface area contributed by atoms with Crippen molar-refractivity contribution in [3.8, 4) is 5.75 Å². The predicted octanol–water partition coefficient (Wildman–Crippen LogP) is 3.69. The van der Waals surface area contributed by atoms with Gasteiger partial charge in [0.25, 0.3) is 0 Å². The second-order valence-corrected chi connectivity index (χ2v) is 4.57. The monoisotopic (exact) mass is 298 g/mol. The van der Waals surface area contributed by atoms with E-state index in [1.165, 1.54) is 18.2 Å². The van der Waals surface area contributed by atoms with Crippen molar-refractivity contribution in [1.29, 1.82) is 0 Å². The molecule has 1 aliphatic heterocycles. The second kappa shape index (κ2) is 4.64. The molecule has 2 rings (SSSR count). The van der Waals surface area contributed by atoms with Gasteiger partial charge in [0.2, 0.25) is 6.10 Å². The fourth-order valence-corrected chi connectivity index (χ4v) is 2.24. The SMILES string of the molecule is OCC1=Cc2cc(Cl)cc(Cl)c2OC1C(F)(F)F. The topological polar surface area (TPSA) is 29.5 Å². The molecule has 0 radical (unpaired) electrons. The van der Waals surface area contributed by atoms with Gasteiger partial charge in [0.05, 0.1) is 11.6 Å². The molecule has 0 aromatic heterocycles. The van der Waals surface area contributed by atoms with E-state index in [-0.39, 0.29) is 21.4 Å². The van der Waals surface area contributed by atoms with Gasteiger partial charge in [-0.1, -0.05) is 23.2 Å². The van der Waals surface area contributed by atoms with E-state index in [0.717, 1.165) is 0 Å². The largest absolute Gasteiger partial charge is 0.474 e. The lowest BCUT2D eigenvalue weighted by molar-refractivity contribution is -0.185. The zero-order valence-corrected chi connectivity index (χ0v) is 10.3. The van der Waals surface area contributed by atoms with Crippen LogP contribution in [0.4, 0.5) is 13.2 Å². The van der Waals surface area contributed by atoms with E-state index < -0.39 is 18.9 Å². The Balaban J connectivity index is 2.53. The Labute approximate surface area is 111 Å². The summed E-state index contributed by atoms with van der Waals surface area (Å²) in [7, 11) is 0. The molecule has 1 heterocycles. The number of benzene rings is 1. The van der Waals surface area contributed by atoms with Gasteiger partial charge >= 0.3 is 6.18 Å². The highest BCUT2D eigenvalue weighted by Crippen LogP contribution is 2.41. The van der Waals surface area contributed by atoms with Crippen molar-refractivity contribution >= 4 is 29.3 Å². The number of ether oxygens (including phenoxy) is 1. The average molecular weight is 299 g/mol. The molecule has 1 atom stereocenters. The summed E-state index contributed by atoms with van der Waals surface area (Å²) >= 11 is 11.5. The first kappa shape index (κ1) is 13.5. The zero-order chi connectivity index (χ0) is 13.5. The summed E-state index contributed by atoms with van der Waals surface area (Å²) in [6.07, 6.45) is -5.61. The lowest BCUT2D eigenvalue weighted by Crippen LogP contribution is -2.39. The van der Waals surface area contributed by atoms with Gasteiger partial charge in [-0.25, -0.2) is 0 Å². The summed E-state index contributed by atoms with van der Waals surface area (Å²) in [5.41, 5.74) is 0.0328. The first-order valence-corrected chi connectivity index (χ1v) is 5.62. The van der Waals surface area contributed by atoms with Gasteiger partial charge in [-0.05, 0) is 18.2 Å². The molecule has 1 aliphatic rings. The molecule has 1 aromatic rings. The van der Waals surface area contributed by atoms with Crippen LogP contribution in [0.2, 0.25) is 10.0 Å². The number of aliphatic hydroxyl groups is 1. The third-order valence-corrected chi connectivity index (χ3v) is 2.93. The molecule has 0 bridgehead atoms. The molecule has 98 valence electrons. The average Bonchev–Trinajstić information content (AvgIpc) is 2.25. The number of hydrogen-bond donors (Lipinski definition) is 1. The standard InChI is InChI=1S/C11H7Cl2F3O2/c12-7-2-5-1-6(4-17)10(11(14,15)16)18-9(5)8(13)3-7/h1-3,10,17H,4H2. The van der Waals surface area contributed by atoms with Crippen LogP contribution in [0, 0.1) is 0 Å². The zero-order valence-electron chi connectivity index (χ0n) is 8.76. The van der Waals surface area contributed by atoms with E-state index in [4.69, 9.17) is 33.0 Å². The summed E-state index contributed by atoms with van der Waals surface area (Å²) in [6.45, 7) is -0.756. The van der Waals surface area contributed by atoms with Gasteiger partial charge in [-0.2, -0.15) is 13.2 Å². The first-order valence-electron chi connectivity index (χ1n) is 4.86. The maximum Gasteiger partial charge on any atom is 0.429 e. The molecule has 1 aromatic carbocycles. The molecule has 0 amide bonds. The summed E-state index contributed by atoms with van der Waals surface area (Å²) in [4.78, 5) is 0. The molecule has 2 nitrogen and oxygen atoms in total. The highest BCUT2D eigenvalue weighted by atomic mass is 35.5. The molecule has 7 heteroatoms. The van der Waals surface area contributed by atoms with Crippen molar-refractivity contribution < 1.29 is 23.0 Å². The van der Waals surface area contributed by atoms with Crippen LogP contribution in [0.15, 0.2) is 17.7 Å². The number of fused-ring (bicyclic) bond motifs is 1. The lowest BCUT2D eigenvalue weighted by Gasteiger charge is -2.28. The van der Waals surface area contributed by atoms with Crippen LogP contribution in [0.3, 0.4) is 0 Å². The Morgan fingerprint density at radius 3 is 2.50 bits per heavy atom. The Kier molecular flexibility index (Phi) is 3.49. The van der Waals surface area contributed by atoms with Gasteiger partial charge in [0, 0.05) is 16.2 Å². The fraction of sp³-hybridized carbons (Fsp3) is 0.273. The van der Waals surface area contributed by atoms with Crippen LogP contribution in [0.5, 0.6) is 5.75 Å². The van der Waals surface area contributed by atoms with Gasteiger partial charge in [-0.3, -0.25) is 0 Å². The van der Waals surface area contributed by atoms with Crippen LogP contribution in [-0.4, -0.2) is 24.0 Å². The number of aliphatic hydroxyl groups excluding tert-OH is 1. The van der Waals surface area contributed by atoms with Gasteiger partial charge in [-0.15, -0.1) is 0 Å². The van der Waals surface area contributed by atoms with E-state index in [0.29, 0.717) is 5.56 Å². The minimum atomic E-state index is -4.62. The Hall–Kier alpha value is -0.910. The smallest absolute Gasteiger partial charge is 0.429 e. The van der Waals surface area contributed by atoms with Gasteiger partial charge in [0.1, 0.15) is 5.75 Å². The van der Waals surface area contributed by atoms with Crippen LogP contribution < -0.4 is 4.74 Å². The maximum absolute atomic E-state index is 12.7. The van der Waals surface area contributed by atoms with E-state index in [1.54, 1.807) is 0 Å². The highest BCUT2D eigenvalue weighted by molar-refractivity contribution is 6.36. The predicted molar refractivity (Wildman–Crippen MR) is 62.0 cm³/mol. The molecule has 1 N–H and O–H groups in total. The normalized spacial score (nSPS) is 19.0. The molecule has 0 saturated heterocycles. The maximum atomic E-state index is 12.7. The molecule has 0 aliphatic carbocycles. The van der Waals surface area contributed by atoms with Crippen LogP contribution in [0.25, 0.3) is 6.08 Å². The molecular weight excluding hydrogens is 292 g/mol. The summed E-state index contributed by atoms with van der Waals surface area (Å²) in [6, 6.07) is 2.72. The Morgan fingerprint density at radius 1 is 1.28 bits per heavy atom. The van der Waals surface area contributed by atoms with Crippen molar-refractivity contribution in [1.82, 2.24) is 0 Å². The number of rotatable bonds is 1. The Morgan fingerprint density at radius 2 is 1.94 bits per heavy atom. The van der Waals surface area contributed by atoms with E-state index >= 15 is 0 Å². The van der Waals surface area contributed by atoms with E-state index in [1.807, 2.05) is 0 Å². The van der Waals surface area contributed by atoms with Crippen molar-refractivity contribution in [2.45, 2.75) is 12.3 Å². The van der Waals surface area contributed by atoms with Crippen molar-refractivity contribution in [3.63, 3.8) is 0 Å². The van der Waals surface area contributed by atoms with Crippen molar-refractivity contribution in [3.05, 3.63) is 33.3 Å². The molecule has 18 heavy (non-hydrogen) atoms. The number of alkyl halides is 3. The summed E-state index contributed by atoms with van der Waals surface area (Å²) in [5, 5.41) is 9.25. The van der Waals surface area contributed by atoms with Crippen LogP contribution in [0.1, 0.15) is 5.56 Å². The van der Waals surface area contributed by atoms with Gasteiger partial charge in [0.15, 0.2) is 0 Å². The van der Waals surface area contributed by atoms with E-state index in [2.05, 4.69) is 0 Å². The minimum Gasteiger partial charge on any atom is -0.474 e. The summed E-state index contributed by atoms with van der Waals surface area (Å²) < 4.78 is 43.1. The van der Waals surface area contributed by atoms with Gasteiger partial charge < -0.3 is 9.84 Å². The number of hydrogen-bond acceptors (Lipinski definition) is 2.